The molecule has 1 aliphatic heterocycles. The van der Waals surface area contributed by atoms with E-state index in [1.54, 1.807) is 18.2 Å². The van der Waals surface area contributed by atoms with Crippen LogP contribution in [-0.2, 0) is 4.79 Å². The van der Waals surface area contributed by atoms with Gasteiger partial charge in [-0.25, -0.2) is 9.59 Å². The fourth-order valence-electron chi connectivity index (χ4n) is 2.03. The lowest BCUT2D eigenvalue weighted by atomic mass is 10.2. The number of nitrogens with zero attached hydrogens (tertiary/aromatic N) is 1. The van der Waals surface area contributed by atoms with E-state index in [9.17, 15) is 14.7 Å². The Hall–Kier alpha value is -1.60. The van der Waals surface area contributed by atoms with Crippen LogP contribution in [0.3, 0.4) is 0 Å². The highest BCUT2D eigenvalue weighted by Gasteiger charge is 2.38. The third-order valence-corrected chi connectivity index (χ3v) is 3.39. The molecule has 1 aromatic carbocycles. The molecule has 0 aliphatic carbocycles. The van der Waals surface area contributed by atoms with E-state index in [1.165, 1.54) is 0 Å². The number of likely N-dealkylation sites (tertiary alicyclic amines) is 1. The van der Waals surface area contributed by atoms with Crippen molar-refractivity contribution in [2.45, 2.75) is 18.6 Å². The second-order valence-electron chi connectivity index (χ2n) is 4.34. The van der Waals surface area contributed by atoms with Crippen molar-refractivity contribution in [3.63, 3.8) is 0 Å². The van der Waals surface area contributed by atoms with E-state index in [4.69, 9.17) is 5.11 Å². The van der Waals surface area contributed by atoms with Crippen LogP contribution in [-0.4, -0.2) is 45.8 Å². The first-order chi connectivity index (χ1) is 8.97. The molecule has 1 aliphatic rings. The topological polar surface area (TPSA) is 89.9 Å². The molecule has 0 aromatic heterocycles. The van der Waals surface area contributed by atoms with Crippen LogP contribution < -0.4 is 5.32 Å². The Morgan fingerprint density at radius 1 is 1.42 bits per heavy atom. The van der Waals surface area contributed by atoms with E-state index < -0.39 is 24.1 Å². The Kier molecular flexibility index (Phi) is 4.06. The average molecular weight is 329 g/mol. The molecule has 0 bridgehead atoms. The maximum atomic E-state index is 12.0. The molecular formula is C12H13BrN2O4. The predicted molar refractivity (Wildman–Crippen MR) is 71.9 cm³/mol. The first kappa shape index (κ1) is 13.8. The summed E-state index contributed by atoms with van der Waals surface area (Å²) < 4.78 is 0.807. The van der Waals surface area contributed by atoms with Crippen LogP contribution in [0.25, 0.3) is 0 Å². The second kappa shape index (κ2) is 5.58. The Labute approximate surface area is 118 Å². The molecule has 0 spiro atoms. The van der Waals surface area contributed by atoms with Crippen LogP contribution >= 0.6 is 15.9 Å². The van der Waals surface area contributed by atoms with Gasteiger partial charge in [0.05, 0.1) is 6.10 Å². The predicted octanol–water partition coefficient (Wildman–Crippen LogP) is 1.50. The largest absolute Gasteiger partial charge is 0.480 e. The molecule has 1 fully saturated rings. The van der Waals surface area contributed by atoms with Gasteiger partial charge in [-0.1, -0.05) is 22.0 Å². The van der Waals surface area contributed by atoms with E-state index in [-0.39, 0.29) is 13.0 Å². The molecular weight excluding hydrogens is 316 g/mol. The summed E-state index contributed by atoms with van der Waals surface area (Å²) in [6, 6.07) is 5.47. The number of benzene rings is 1. The van der Waals surface area contributed by atoms with E-state index in [1.807, 2.05) is 6.07 Å². The molecule has 1 unspecified atom stereocenters. The van der Waals surface area contributed by atoms with Gasteiger partial charge in [-0.2, -0.15) is 0 Å². The monoisotopic (exact) mass is 328 g/mol. The highest BCUT2D eigenvalue weighted by atomic mass is 79.9. The third-order valence-electron chi connectivity index (χ3n) is 2.90. The van der Waals surface area contributed by atoms with Crippen molar-refractivity contribution in [2.24, 2.45) is 0 Å². The van der Waals surface area contributed by atoms with Gasteiger partial charge < -0.3 is 20.4 Å². The summed E-state index contributed by atoms with van der Waals surface area (Å²) in [6.07, 6.45) is -0.740. The fourth-order valence-corrected chi connectivity index (χ4v) is 2.43. The van der Waals surface area contributed by atoms with Crippen molar-refractivity contribution in [3.8, 4) is 0 Å². The van der Waals surface area contributed by atoms with Crippen molar-refractivity contribution in [1.82, 2.24) is 4.90 Å². The summed E-state index contributed by atoms with van der Waals surface area (Å²) in [5.41, 5.74) is 0.560. The van der Waals surface area contributed by atoms with Crippen LogP contribution in [0.5, 0.6) is 0 Å². The highest BCUT2D eigenvalue weighted by molar-refractivity contribution is 9.10. The van der Waals surface area contributed by atoms with Crippen LogP contribution in [0.2, 0.25) is 0 Å². The summed E-state index contributed by atoms with van der Waals surface area (Å²) in [6.45, 7) is 0.0246. The number of amides is 2. The van der Waals surface area contributed by atoms with E-state index in [0.717, 1.165) is 9.37 Å². The molecule has 0 saturated carbocycles. The third kappa shape index (κ3) is 3.24. The number of hydrogen-bond donors (Lipinski definition) is 3. The number of β-amino-alcohol motifs (C(OH)–C–C–N with tert-alkyl or cyclic N) is 1. The molecule has 0 radical (unpaired) electrons. The smallest absolute Gasteiger partial charge is 0.326 e. The Morgan fingerprint density at radius 3 is 2.79 bits per heavy atom. The summed E-state index contributed by atoms with van der Waals surface area (Å²) in [5.74, 6) is -1.11. The fraction of sp³-hybridized carbons (Fsp3) is 0.333. The SMILES string of the molecule is O=C(O)[C@@H]1CC(O)CN1C(=O)Nc1cccc(Br)c1. The number of carbonyl (C=O) groups excluding carboxylic acids is 1. The molecule has 2 amide bonds. The molecule has 7 heteroatoms. The minimum Gasteiger partial charge on any atom is -0.480 e. The molecule has 2 rings (SSSR count). The van der Waals surface area contributed by atoms with Crippen molar-refractivity contribution in [1.29, 1.82) is 0 Å². The lowest BCUT2D eigenvalue weighted by Crippen LogP contribution is -2.43. The lowest BCUT2D eigenvalue weighted by molar-refractivity contribution is -0.141. The number of nitrogens with one attached hydrogen (secondary N) is 1. The van der Waals surface area contributed by atoms with Gasteiger partial charge in [0, 0.05) is 23.1 Å². The molecule has 2 atom stereocenters. The second-order valence-corrected chi connectivity index (χ2v) is 5.25. The van der Waals surface area contributed by atoms with Gasteiger partial charge in [0.2, 0.25) is 0 Å². The Bertz CT molecular complexity index is 508. The van der Waals surface area contributed by atoms with Crippen LogP contribution in [0, 0.1) is 0 Å². The zero-order valence-electron chi connectivity index (χ0n) is 9.91. The molecule has 102 valence electrons. The number of carbonyl (C=O) groups is 2. The molecule has 6 nitrogen and oxygen atoms in total. The molecule has 19 heavy (non-hydrogen) atoms. The number of rotatable bonds is 2. The van der Waals surface area contributed by atoms with Crippen molar-refractivity contribution in [2.75, 3.05) is 11.9 Å². The van der Waals surface area contributed by atoms with Crippen LogP contribution in [0.4, 0.5) is 10.5 Å². The van der Waals surface area contributed by atoms with E-state index >= 15 is 0 Å². The normalized spacial score (nSPS) is 22.3. The zero-order chi connectivity index (χ0) is 14.0. The van der Waals surface area contributed by atoms with Gasteiger partial charge in [-0.05, 0) is 18.2 Å². The first-order valence-corrected chi connectivity index (χ1v) is 6.50. The number of aliphatic hydroxyl groups excluding tert-OH is 1. The number of urea groups is 1. The van der Waals surface area contributed by atoms with E-state index in [0.29, 0.717) is 5.69 Å². The lowest BCUT2D eigenvalue weighted by Gasteiger charge is -2.21. The molecule has 1 heterocycles. The van der Waals surface area contributed by atoms with Crippen molar-refractivity contribution >= 4 is 33.6 Å². The summed E-state index contributed by atoms with van der Waals surface area (Å²) in [7, 11) is 0. The Balaban J connectivity index is 2.09. The van der Waals surface area contributed by atoms with Gasteiger partial charge >= 0.3 is 12.0 Å². The summed E-state index contributed by atoms with van der Waals surface area (Å²) in [5, 5.41) is 21.1. The summed E-state index contributed by atoms with van der Waals surface area (Å²) in [4.78, 5) is 24.2. The van der Waals surface area contributed by atoms with Gasteiger partial charge in [0.25, 0.3) is 0 Å². The number of aliphatic carboxylic acids is 1. The number of hydrogen-bond acceptors (Lipinski definition) is 3. The number of carboxylic acids is 1. The molecule has 3 N–H and O–H groups in total. The van der Waals surface area contributed by atoms with Gasteiger partial charge in [-0.3, -0.25) is 0 Å². The minimum absolute atomic E-state index is 0.0246. The van der Waals surface area contributed by atoms with Crippen LogP contribution in [0.1, 0.15) is 6.42 Å². The van der Waals surface area contributed by atoms with Gasteiger partial charge in [0.1, 0.15) is 6.04 Å². The summed E-state index contributed by atoms with van der Waals surface area (Å²) >= 11 is 3.28. The van der Waals surface area contributed by atoms with Crippen LogP contribution in [0.15, 0.2) is 28.7 Å². The quantitative estimate of drug-likeness (QED) is 0.767. The zero-order valence-corrected chi connectivity index (χ0v) is 11.5. The van der Waals surface area contributed by atoms with E-state index in [2.05, 4.69) is 21.2 Å². The van der Waals surface area contributed by atoms with Crippen molar-refractivity contribution < 1.29 is 19.8 Å². The molecule has 1 saturated heterocycles. The standard InChI is InChI=1S/C12H13BrN2O4/c13-7-2-1-3-8(4-7)14-12(19)15-6-9(16)5-10(15)11(17)18/h1-4,9-10,16H,5-6H2,(H,14,19)(H,17,18)/t9?,10-/m0/s1. The average Bonchev–Trinajstić information content (AvgIpc) is 2.71. The van der Waals surface area contributed by atoms with Gasteiger partial charge in [0.15, 0.2) is 0 Å². The number of halogens is 1. The number of aliphatic hydroxyl groups is 1. The van der Waals surface area contributed by atoms with Gasteiger partial charge in [-0.15, -0.1) is 0 Å². The number of anilines is 1. The highest BCUT2D eigenvalue weighted by Crippen LogP contribution is 2.21. The minimum atomic E-state index is -1.11. The first-order valence-electron chi connectivity index (χ1n) is 5.71. The Morgan fingerprint density at radius 2 is 2.16 bits per heavy atom. The maximum Gasteiger partial charge on any atom is 0.326 e. The molecule has 1 aromatic rings. The van der Waals surface area contributed by atoms with Crippen molar-refractivity contribution in [3.05, 3.63) is 28.7 Å². The maximum absolute atomic E-state index is 12.0. The number of carboxylic acid groups (broad SMARTS) is 1.